The first-order chi connectivity index (χ1) is 12.6. The van der Waals surface area contributed by atoms with Crippen molar-refractivity contribution in [1.29, 1.82) is 0 Å². The van der Waals surface area contributed by atoms with Crippen LogP contribution in [0.5, 0.6) is 0 Å². The molecule has 2 aliphatic heterocycles. The van der Waals surface area contributed by atoms with Crippen molar-refractivity contribution >= 4 is 23.1 Å². The van der Waals surface area contributed by atoms with E-state index in [-0.39, 0.29) is 0 Å². The van der Waals surface area contributed by atoms with Crippen LogP contribution in [0.4, 0.5) is 5.69 Å². The number of nitrogens with zero attached hydrogens (tertiary/aromatic N) is 2. The van der Waals surface area contributed by atoms with Crippen LogP contribution in [0.15, 0.2) is 48.5 Å². The summed E-state index contributed by atoms with van der Waals surface area (Å²) in [7, 11) is 0. The molecule has 136 valence electrons. The largest absolute Gasteiger partial charge is 0.346 e. The third-order valence-electron chi connectivity index (χ3n) is 5.69. The van der Waals surface area contributed by atoms with Crippen LogP contribution in [0.2, 0.25) is 5.02 Å². The molecule has 1 atom stereocenters. The van der Waals surface area contributed by atoms with Gasteiger partial charge in [0, 0.05) is 17.0 Å². The summed E-state index contributed by atoms with van der Waals surface area (Å²) in [6.07, 6.45) is 5.54. The lowest BCUT2D eigenvalue weighted by Gasteiger charge is -2.23. The van der Waals surface area contributed by atoms with Gasteiger partial charge in [-0.1, -0.05) is 42.8 Å². The molecule has 0 aromatic heterocycles. The summed E-state index contributed by atoms with van der Waals surface area (Å²) in [6, 6.07) is 16.4. The van der Waals surface area contributed by atoms with Crippen LogP contribution < -0.4 is 4.90 Å². The standard InChI is InChI=1S/C22H26ClN2O/c1-2-17-7-13-20(14-8-17)24-16-22(26,18-9-11-19(23)12-10-18)25-15-5-3-4-6-21(24)25/h7-14,26H,2-6,15-16H2,1H3/q+1. The molecule has 2 aromatic rings. The minimum absolute atomic E-state index is 0.551. The summed E-state index contributed by atoms with van der Waals surface area (Å²) in [6.45, 7) is 3.61. The van der Waals surface area contributed by atoms with E-state index < -0.39 is 5.72 Å². The summed E-state index contributed by atoms with van der Waals surface area (Å²) in [4.78, 5) is 2.30. The monoisotopic (exact) mass is 369 g/mol. The number of hydrogen-bond donors (Lipinski definition) is 1. The summed E-state index contributed by atoms with van der Waals surface area (Å²) in [5.41, 5.74) is 2.40. The third kappa shape index (κ3) is 3.04. The van der Waals surface area contributed by atoms with E-state index in [4.69, 9.17) is 11.6 Å². The highest BCUT2D eigenvalue weighted by atomic mass is 35.5. The average molecular weight is 370 g/mol. The fraction of sp³-hybridized carbons (Fsp3) is 0.409. The van der Waals surface area contributed by atoms with Gasteiger partial charge < -0.3 is 5.11 Å². The molecule has 4 heteroatoms. The van der Waals surface area contributed by atoms with Crippen molar-refractivity contribution in [2.75, 3.05) is 18.0 Å². The Hall–Kier alpha value is -1.84. The van der Waals surface area contributed by atoms with E-state index in [1.54, 1.807) is 0 Å². The Balaban J connectivity index is 1.77. The Morgan fingerprint density at radius 3 is 2.46 bits per heavy atom. The lowest BCUT2D eigenvalue weighted by Crippen LogP contribution is -2.41. The minimum atomic E-state index is -1.01. The molecule has 26 heavy (non-hydrogen) atoms. The molecule has 0 saturated carbocycles. The van der Waals surface area contributed by atoms with Gasteiger partial charge in [-0.15, -0.1) is 0 Å². The molecule has 0 fully saturated rings. The maximum atomic E-state index is 11.7. The second-order valence-electron chi connectivity index (χ2n) is 7.31. The fourth-order valence-corrected chi connectivity index (χ4v) is 4.31. The van der Waals surface area contributed by atoms with Gasteiger partial charge in [0.25, 0.3) is 11.6 Å². The van der Waals surface area contributed by atoms with E-state index in [9.17, 15) is 5.11 Å². The third-order valence-corrected chi connectivity index (χ3v) is 5.95. The smallest absolute Gasteiger partial charge is 0.271 e. The van der Waals surface area contributed by atoms with Gasteiger partial charge in [-0.2, -0.15) is 0 Å². The zero-order valence-corrected chi connectivity index (χ0v) is 16.0. The number of halogens is 1. The Labute approximate surface area is 160 Å². The molecule has 0 amide bonds. The lowest BCUT2D eigenvalue weighted by molar-refractivity contribution is -0.658. The highest BCUT2D eigenvalue weighted by Crippen LogP contribution is 2.35. The van der Waals surface area contributed by atoms with Gasteiger partial charge in [-0.25, -0.2) is 9.48 Å². The number of anilines is 1. The van der Waals surface area contributed by atoms with Crippen molar-refractivity contribution in [2.24, 2.45) is 0 Å². The normalized spacial score (nSPS) is 23.1. The van der Waals surface area contributed by atoms with Crippen molar-refractivity contribution in [2.45, 2.75) is 44.8 Å². The highest BCUT2D eigenvalue weighted by molar-refractivity contribution is 6.30. The van der Waals surface area contributed by atoms with Crippen LogP contribution in [-0.2, 0) is 12.1 Å². The zero-order valence-electron chi connectivity index (χ0n) is 15.3. The molecule has 2 aromatic carbocycles. The predicted octanol–water partition coefficient (Wildman–Crippen LogP) is 4.55. The number of aliphatic hydroxyl groups is 1. The van der Waals surface area contributed by atoms with Crippen LogP contribution in [-0.4, -0.2) is 28.6 Å². The van der Waals surface area contributed by atoms with E-state index in [0.29, 0.717) is 11.6 Å². The van der Waals surface area contributed by atoms with E-state index >= 15 is 0 Å². The van der Waals surface area contributed by atoms with Crippen LogP contribution >= 0.6 is 11.6 Å². The Morgan fingerprint density at radius 2 is 1.77 bits per heavy atom. The van der Waals surface area contributed by atoms with Crippen molar-refractivity contribution < 1.29 is 9.68 Å². The first-order valence-corrected chi connectivity index (χ1v) is 9.98. The van der Waals surface area contributed by atoms with E-state index in [1.807, 2.05) is 24.3 Å². The zero-order chi connectivity index (χ0) is 18.1. The van der Waals surface area contributed by atoms with Crippen LogP contribution in [0.25, 0.3) is 0 Å². The Bertz CT molecular complexity index is 813. The van der Waals surface area contributed by atoms with Gasteiger partial charge in [-0.3, -0.25) is 0 Å². The molecule has 0 aliphatic carbocycles. The molecule has 1 N–H and O–H groups in total. The average Bonchev–Trinajstić information content (AvgIpc) is 2.82. The van der Waals surface area contributed by atoms with Crippen molar-refractivity contribution in [3.8, 4) is 0 Å². The molecule has 2 aliphatic rings. The lowest BCUT2D eigenvalue weighted by atomic mass is 10.0. The molecule has 0 radical (unpaired) electrons. The quantitative estimate of drug-likeness (QED) is 0.803. The van der Waals surface area contributed by atoms with Crippen LogP contribution in [0.1, 0.15) is 43.7 Å². The number of amidine groups is 1. The minimum Gasteiger partial charge on any atom is -0.346 e. The molecular weight excluding hydrogens is 344 g/mol. The van der Waals surface area contributed by atoms with E-state index in [1.165, 1.54) is 24.2 Å². The maximum Gasteiger partial charge on any atom is 0.271 e. The first kappa shape index (κ1) is 17.6. The number of hydrogen-bond acceptors (Lipinski definition) is 2. The molecule has 3 nitrogen and oxygen atoms in total. The summed E-state index contributed by atoms with van der Waals surface area (Å²) < 4.78 is 2.22. The number of rotatable bonds is 3. The first-order valence-electron chi connectivity index (χ1n) is 9.60. The predicted molar refractivity (Wildman–Crippen MR) is 107 cm³/mol. The molecule has 4 rings (SSSR count). The van der Waals surface area contributed by atoms with E-state index in [2.05, 4.69) is 40.7 Å². The molecule has 0 saturated heterocycles. The number of benzene rings is 2. The Kier molecular flexibility index (Phi) is 4.76. The van der Waals surface area contributed by atoms with Crippen LogP contribution in [0.3, 0.4) is 0 Å². The van der Waals surface area contributed by atoms with Gasteiger partial charge >= 0.3 is 0 Å². The summed E-state index contributed by atoms with van der Waals surface area (Å²) >= 11 is 6.07. The van der Waals surface area contributed by atoms with Crippen molar-refractivity contribution in [3.05, 3.63) is 64.7 Å². The SMILES string of the molecule is CCc1ccc(N2CC(O)(c3ccc(Cl)cc3)[N+]3=C2CCCCC3)cc1. The molecule has 0 bridgehead atoms. The topological polar surface area (TPSA) is 26.5 Å². The second kappa shape index (κ2) is 7.05. The molecular formula is C22H26ClN2O+. The fourth-order valence-electron chi connectivity index (χ4n) is 4.19. The molecule has 2 heterocycles. The van der Waals surface area contributed by atoms with E-state index in [0.717, 1.165) is 37.1 Å². The summed E-state index contributed by atoms with van der Waals surface area (Å²) in [5, 5.41) is 12.4. The number of β-amino-alcohol motifs (C(OH)–C–C–N with tert-alkyl or cyclic N) is 1. The van der Waals surface area contributed by atoms with Gasteiger partial charge in [0.15, 0.2) is 6.54 Å². The summed E-state index contributed by atoms with van der Waals surface area (Å²) in [5.74, 6) is 1.24. The highest BCUT2D eigenvalue weighted by Gasteiger charge is 2.51. The van der Waals surface area contributed by atoms with Crippen molar-refractivity contribution in [1.82, 2.24) is 0 Å². The van der Waals surface area contributed by atoms with Gasteiger partial charge in [0.1, 0.15) is 5.69 Å². The molecule has 1 unspecified atom stereocenters. The van der Waals surface area contributed by atoms with Crippen LogP contribution in [0, 0.1) is 0 Å². The molecule has 0 spiro atoms. The maximum absolute atomic E-state index is 11.7. The Morgan fingerprint density at radius 1 is 1.04 bits per heavy atom. The van der Waals surface area contributed by atoms with Gasteiger partial charge in [-0.05, 0) is 55.5 Å². The van der Waals surface area contributed by atoms with Crippen molar-refractivity contribution in [3.63, 3.8) is 0 Å². The van der Waals surface area contributed by atoms with Gasteiger partial charge in [0.2, 0.25) is 0 Å². The number of aryl methyl sites for hydroxylation is 1. The second-order valence-corrected chi connectivity index (χ2v) is 7.74. The van der Waals surface area contributed by atoms with Gasteiger partial charge in [0.05, 0.1) is 6.54 Å².